The number of ether oxygens (including phenoxy) is 2. The normalized spacial score (nSPS) is 15.1. The number of anilines is 1. The predicted octanol–water partition coefficient (Wildman–Crippen LogP) is 2.53. The summed E-state index contributed by atoms with van der Waals surface area (Å²) in [5.41, 5.74) is 0.591. The maximum Gasteiger partial charge on any atom is 0.255 e. The van der Waals surface area contributed by atoms with Crippen molar-refractivity contribution in [1.82, 2.24) is 9.29 Å². The first kappa shape index (κ1) is 20.1. The van der Waals surface area contributed by atoms with Gasteiger partial charge in [0.1, 0.15) is 5.69 Å². The summed E-state index contributed by atoms with van der Waals surface area (Å²) in [7, 11) is -0.699. The SMILES string of the molecule is COc1ccc(NC(=O)c2cccc(S(=O)(=O)N3CCCCC3)c2)c(OC)n1. The Morgan fingerprint density at radius 3 is 2.50 bits per heavy atom. The van der Waals surface area contributed by atoms with Gasteiger partial charge in [0, 0.05) is 24.7 Å². The molecule has 8 nitrogen and oxygen atoms in total. The number of carbonyl (C=O) groups excluding carboxylic acids is 1. The summed E-state index contributed by atoms with van der Waals surface area (Å²) in [6, 6.07) is 9.23. The average Bonchev–Trinajstić information content (AvgIpc) is 2.74. The van der Waals surface area contributed by atoms with Gasteiger partial charge in [0.2, 0.25) is 21.8 Å². The van der Waals surface area contributed by atoms with Crippen LogP contribution in [-0.2, 0) is 10.0 Å². The third-order valence-corrected chi connectivity index (χ3v) is 6.43. The molecule has 1 aromatic carbocycles. The summed E-state index contributed by atoms with van der Waals surface area (Å²) in [6.07, 6.45) is 2.74. The van der Waals surface area contributed by atoms with Gasteiger partial charge in [0.25, 0.3) is 5.91 Å². The van der Waals surface area contributed by atoms with Crippen molar-refractivity contribution in [1.29, 1.82) is 0 Å². The summed E-state index contributed by atoms with van der Waals surface area (Å²) in [4.78, 5) is 16.9. The molecule has 2 heterocycles. The van der Waals surface area contributed by atoms with Gasteiger partial charge in [-0.25, -0.2) is 8.42 Å². The summed E-state index contributed by atoms with van der Waals surface area (Å²) in [6.45, 7) is 1.01. The third-order valence-electron chi connectivity index (χ3n) is 4.53. The van der Waals surface area contributed by atoms with E-state index in [4.69, 9.17) is 9.47 Å². The van der Waals surface area contributed by atoms with Crippen molar-refractivity contribution < 1.29 is 22.7 Å². The fourth-order valence-corrected chi connectivity index (χ4v) is 4.60. The van der Waals surface area contributed by atoms with Gasteiger partial charge < -0.3 is 14.8 Å². The molecule has 0 bridgehead atoms. The van der Waals surface area contributed by atoms with Crippen LogP contribution in [0.4, 0.5) is 5.69 Å². The zero-order valence-corrected chi connectivity index (χ0v) is 16.7. The molecule has 1 amide bonds. The number of pyridine rings is 1. The number of nitrogens with one attached hydrogen (secondary N) is 1. The molecule has 3 rings (SSSR count). The minimum absolute atomic E-state index is 0.113. The monoisotopic (exact) mass is 405 g/mol. The first-order valence-corrected chi connectivity index (χ1v) is 10.4. The molecule has 150 valence electrons. The first-order valence-electron chi connectivity index (χ1n) is 8.96. The fourth-order valence-electron chi connectivity index (χ4n) is 3.03. The molecule has 0 radical (unpaired) electrons. The Bertz CT molecular complexity index is 956. The number of piperidine rings is 1. The van der Waals surface area contributed by atoms with Crippen LogP contribution in [0.3, 0.4) is 0 Å². The number of benzene rings is 1. The van der Waals surface area contributed by atoms with Crippen molar-refractivity contribution in [2.75, 3.05) is 32.6 Å². The van der Waals surface area contributed by atoms with Gasteiger partial charge in [0.05, 0.1) is 19.1 Å². The zero-order chi connectivity index (χ0) is 20.1. The highest BCUT2D eigenvalue weighted by molar-refractivity contribution is 7.89. The lowest BCUT2D eigenvalue weighted by Crippen LogP contribution is -2.35. The second kappa shape index (κ2) is 8.57. The van der Waals surface area contributed by atoms with Crippen molar-refractivity contribution in [3.8, 4) is 11.8 Å². The second-order valence-corrected chi connectivity index (χ2v) is 8.30. The molecule has 1 aliphatic rings. The highest BCUT2D eigenvalue weighted by atomic mass is 32.2. The number of carbonyl (C=O) groups is 1. The smallest absolute Gasteiger partial charge is 0.255 e. The van der Waals surface area contributed by atoms with Gasteiger partial charge >= 0.3 is 0 Å². The first-order chi connectivity index (χ1) is 13.5. The lowest BCUT2D eigenvalue weighted by molar-refractivity contribution is 0.102. The van der Waals surface area contributed by atoms with E-state index in [2.05, 4.69) is 10.3 Å². The summed E-state index contributed by atoms with van der Waals surface area (Å²) >= 11 is 0. The zero-order valence-electron chi connectivity index (χ0n) is 15.8. The molecule has 1 N–H and O–H groups in total. The second-order valence-electron chi connectivity index (χ2n) is 6.36. The van der Waals surface area contributed by atoms with E-state index in [0.29, 0.717) is 24.7 Å². The summed E-state index contributed by atoms with van der Waals surface area (Å²) in [5, 5.41) is 2.70. The molecule has 28 heavy (non-hydrogen) atoms. The number of hydrogen-bond donors (Lipinski definition) is 1. The standard InChI is InChI=1S/C19H23N3O5S/c1-26-17-10-9-16(19(21-17)27-2)20-18(23)14-7-6-8-15(13-14)28(24,25)22-11-4-3-5-12-22/h6-10,13H,3-5,11-12H2,1-2H3,(H,20,23). The number of rotatable bonds is 6. The van der Waals surface area contributed by atoms with Crippen LogP contribution in [0.1, 0.15) is 29.6 Å². The van der Waals surface area contributed by atoms with Gasteiger partial charge in [-0.05, 0) is 37.1 Å². The van der Waals surface area contributed by atoms with Crippen LogP contribution >= 0.6 is 0 Å². The average molecular weight is 405 g/mol. The Hall–Kier alpha value is -2.65. The fraction of sp³-hybridized carbons (Fsp3) is 0.368. The molecular weight excluding hydrogens is 382 g/mol. The Kier molecular flexibility index (Phi) is 6.15. The molecule has 1 aromatic heterocycles. The Morgan fingerprint density at radius 2 is 1.82 bits per heavy atom. The van der Waals surface area contributed by atoms with Crippen molar-refractivity contribution in [2.45, 2.75) is 24.2 Å². The minimum Gasteiger partial charge on any atom is -0.481 e. The molecule has 1 saturated heterocycles. The van der Waals surface area contributed by atoms with E-state index in [9.17, 15) is 13.2 Å². The predicted molar refractivity (Wildman–Crippen MR) is 104 cm³/mol. The van der Waals surface area contributed by atoms with E-state index in [0.717, 1.165) is 19.3 Å². The van der Waals surface area contributed by atoms with Gasteiger partial charge in [-0.2, -0.15) is 9.29 Å². The molecule has 1 fully saturated rings. The topological polar surface area (TPSA) is 97.8 Å². The molecule has 0 saturated carbocycles. The van der Waals surface area contributed by atoms with Crippen LogP contribution < -0.4 is 14.8 Å². The number of amides is 1. The van der Waals surface area contributed by atoms with Crippen LogP contribution in [0, 0.1) is 0 Å². The molecule has 9 heteroatoms. The number of nitrogens with zero attached hydrogens (tertiary/aromatic N) is 2. The maximum atomic E-state index is 12.8. The lowest BCUT2D eigenvalue weighted by atomic mass is 10.2. The number of sulfonamides is 1. The highest BCUT2D eigenvalue weighted by Gasteiger charge is 2.26. The highest BCUT2D eigenvalue weighted by Crippen LogP contribution is 2.26. The van der Waals surface area contributed by atoms with Gasteiger partial charge in [-0.3, -0.25) is 4.79 Å². The lowest BCUT2D eigenvalue weighted by Gasteiger charge is -2.26. The summed E-state index contributed by atoms with van der Waals surface area (Å²) < 4.78 is 37.4. The molecule has 0 spiro atoms. The van der Waals surface area contributed by atoms with E-state index in [1.165, 1.54) is 30.7 Å². The number of methoxy groups -OCH3 is 2. The van der Waals surface area contributed by atoms with Crippen molar-refractivity contribution in [2.24, 2.45) is 0 Å². The van der Waals surface area contributed by atoms with Gasteiger partial charge in [-0.1, -0.05) is 12.5 Å². The molecular formula is C19H23N3O5S. The quantitative estimate of drug-likeness (QED) is 0.793. The summed E-state index contributed by atoms with van der Waals surface area (Å²) in [5.74, 6) is 0.0928. The maximum absolute atomic E-state index is 12.8. The van der Waals surface area contributed by atoms with Crippen LogP contribution in [0.5, 0.6) is 11.8 Å². The minimum atomic E-state index is -3.61. The van der Waals surface area contributed by atoms with Crippen molar-refractivity contribution in [3.05, 3.63) is 42.0 Å². The van der Waals surface area contributed by atoms with Gasteiger partial charge in [0.15, 0.2) is 0 Å². The van der Waals surface area contributed by atoms with E-state index < -0.39 is 15.9 Å². The van der Waals surface area contributed by atoms with Crippen LogP contribution in [0.15, 0.2) is 41.3 Å². The van der Waals surface area contributed by atoms with E-state index in [-0.39, 0.29) is 16.3 Å². The largest absolute Gasteiger partial charge is 0.481 e. The molecule has 2 aromatic rings. The van der Waals surface area contributed by atoms with E-state index >= 15 is 0 Å². The Morgan fingerprint density at radius 1 is 1.07 bits per heavy atom. The molecule has 0 aliphatic carbocycles. The van der Waals surface area contributed by atoms with Crippen molar-refractivity contribution in [3.63, 3.8) is 0 Å². The van der Waals surface area contributed by atoms with Crippen LogP contribution in [-0.4, -0.2) is 50.9 Å². The number of hydrogen-bond acceptors (Lipinski definition) is 6. The van der Waals surface area contributed by atoms with Crippen LogP contribution in [0.2, 0.25) is 0 Å². The Labute approximate surface area is 164 Å². The molecule has 0 unspecified atom stereocenters. The molecule has 1 aliphatic heterocycles. The van der Waals surface area contributed by atoms with E-state index in [1.54, 1.807) is 24.3 Å². The van der Waals surface area contributed by atoms with Gasteiger partial charge in [-0.15, -0.1) is 0 Å². The van der Waals surface area contributed by atoms with Crippen LogP contribution in [0.25, 0.3) is 0 Å². The van der Waals surface area contributed by atoms with Crippen molar-refractivity contribution >= 4 is 21.6 Å². The molecule has 0 atom stereocenters. The van der Waals surface area contributed by atoms with E-state index in [1.807, 2.05) is 0 Å². The third kappa shape index (κ3) is 4.26. The Balaban J connectivity index is 1.83. The number of aromatic nitrogens is 1.